The van der Waals surface area contributed by atoms with Gasteiger partial charge in [-0.1, -0.05) is 12.1 Å². The lowest BCUT2D eigenvalue weighted by Crippen LogP contribution is -2.41. The number of hydrogen-bond acceptors (Lipinski definition) is 7. The Kier molecular flexibility index (Phi) is 4.79. The van der Waals surface area contributed by atoms with Crippen molar-refractivity contribution in [2.75, 3.05) is 25.3 Å². The lowest BCUT2D eigenvalue weighted by atomic mass is 9.98. The first-order chi connectivity index (χ1) is 14.8. The molecule has 1 saturated heterocycles. The molecule has 31 heavy (non-hydrogen) atoms. The van der Waals surface area contributed by atoms with Gasteiger partial charge in [-0.25, -0.2) is 8.42 Å². The van der Waals surface area contributed by atoms with E-state index in [0.717, 1.165) is 22.4 Å². The topological polar surface area (TPSA) is 82.1 Å². The third-order valence-corrected chi connectivity index (χ3v) is 7.84. The summed E-state index contributed by atoms with van der Waals surface area (Å²) in [6.07, 6.45) is 2.32. The minimum Gasteiger partial charge on any atom is -0.497 e. The van der Waals surface area contributed by atoms with Crippen LogP contribution in [0.4, 0.5) is 0 Å². The number of hydrogen-bond donors (Lipinski definition) is 0. The number of benzene rings is 2. The molecule has 2 aromatic rings. The number of sulfone groups is 1. The molecule has 0 spiro atoms. The second-order valence-electron chi connectivity index (χ2n) is 8.16. The molecule has 0 N–H and O–H groups in total. The molecule has 3 aliphatic heterocycles. The fourth-order valence-corrected chi connectivity index (χ4v) is 6.16. The number of methoxy groups -OCH3 is 1. The summed E-state index contributed by atoms with van der Waals surface area (Å²) < 4.78 is 41.0. The van der Waals surface area contributed by atoms with Crippen molar-refractivity contribution in [3.63, 3.8) is 0 Å². The standard InChI is InChI=1S/C23H23NO6S/c1-14-9-19-18(11-24(13-29-19)16-7-8-31(26,27)12-16)23-21(14)22(25)20(30-23)10-15-3-5-17(28-2)6-4-15/h3-6,9-10,16H,7-8,11-13H2,1-2H3/b20-10-/t16-/m1/s1. The van der Waals surface area contributed by atoms with Gasteiger partial charge in [0.25, 0.3) is 0 Å². The van der Waals surface area contributed by atoms with Crippen molar-refractivity contribution in [3.05, 3.63) is 58.3 Å². The summed E-state index contributed by atoms with van der Waals surface area (Å²) in [5.41, 5.74) is 2.97. The predicted molar refractivity (Wildman–Crippen MR) is 115 cm³/mol. The normalized spacial score (nSPS) is 23.2. The van der Waals surface area contributed by atoms with Gasteiger partial charge in [0, 0.05) is 12.6 Å². The van der Waals surface area contributed by atoms with Crippen LogP contribution in [0.5, 0.6) is 17.2 Å². The first kappa shape index (κ1) is 20.1. The summed E-state index contributed by atoms with van der Waals surface area (Å²) in [4.78, 5) is 15.1. The molecule has 1 atom stereocenters. The average Bonchev–Trinajstić information content (AvgIpc) is 3.28. The number of carbonyl (C=O) groups excluding carboxylic acids is 1. The highest BCUT2D eigenvalue weighted by Gasteiger charge is 2.39. The van der Waals surface area contributed by atoms with Crippen LogP contribution in [0.2, 0.25) is 0 Å². The van der Waals surface area contributed by atoms with Gasteiger partial charge >= 0.3 is 0 Å². The van der Waals surface area contributed by atoms with Crippen molar-refractivity contribution in [3.8, 4) is 17.2 Å². The Morgan fingerprint density at radius 3 is 2.68 bits per heavy atom. The van der Waals surface area contributed by atoms with E-state index in [-0.39, 0.29) is 29.1 Å². The number of nitrogens with zero attached hydrogens (tertiary/aromatic N) is 1. The molecular weight excluding hydrogens is 418 g/mol. The van der Waals surface area contributed by atoms with Crippen LogP contribution in [0.1, 0.15) is 33.5 Å². The lowest BCUT2D eigenvalue weighted by Gasteiger charge is -2.33. The predicted octanol–water partition coefficient (Wildman–Crippen LogP) is 2.96. The maximum absolute atomic E-state index is 13.1. The second kappa shape index (κ2) is 7.39. The highest BCUT2D eigenvalue weighted by atomic mass is 32.2. The fraction of sp³-hybridized carbons (Fsp3) is 0.348. The number of ketones is 1. The molecule has 0 aromatic heterocycles. The number of aryl methyl sites for hydroxylation is 1. The fourth-order valence-electron chi connectivity index (χ4n) is 4.40. The Morgan fingerprint density at radius 2 is 2.00 bits per heavy atom. The van der Waals surface area contributed by atoms with Crippen LogP contribution in [-0.2, 0) is 16.4 Å². The smallest absolute Gasteiger partial charge is 0.232 e. The van der Waals surface area contributed by atoms with Crippen molar-refractivity contribution in [1.29, 1.82) is 0 Å². The van der Waals surface area contributed by atoms with Crippen LogP contribution >= 0.6 is 0 Å². The van der Waals surface area contributed by atoms with Crippen LogP contribution in [0.25, 0.3) is 6.08 Å². The number of allylic oxidation sites excluding steroid dienone is 1. The SMILES string of the molecule is COc1ccc(/C=C2\Oc3c4c(cc(C)c3C2=O)OCN([C@@H]2CCS(=O)(=O)C2)C4)cc1. The van der Waals surface area contributed by atoms with Gasteiger partial charge < -0.3 is 14.2 Å². The molecule has 162 valence electrons. The van der Waals surface area contributed by atoms with Gasteiger partial charge in [-0.3, -0.25) is 9.69 Å². The highest BCUT2D eigenvalue weighted by Crippen LogP contribution is 2.44. The summed E-state index contributed by atoms with van der Waals surface area (Å²) in [7, 11) is -1.40. The van der Waals surface area contributed by atoms with Crippen LogP contribution in [0, 0.1) is 6.92 Å². The molecule has 0 bridgehead atoms. The van der Waals surface area contributed by atoms with Crippen LogP contribution in [0.15, 0.2) is 36.1 Å². The summed E-state index contributed by atoms with van der Waals surface area (Å²) >= 11 is 0. The van der Waals surface area contributed by atoms with Crippen LogP contribution in [-0.4, -0.2) is 50.5 Å². The molecule has 5 rings (SSSR count). The number of carbonyl (C=O) groups is 1. The van der Waals surface area contributed by atoms with Crippen molar-refractivity contribution in [2.45, 2.75) is 25.9 Å². The first-order valence-corrected chi connectivity index (χ1v) is 12.0. The van der Waals surface area contributed by atoms with Gasteiger partial charge in [0.2, 0.25) is 5.78 Å². The Bertz CT molecular complexity index is 1200. The molecule has 0 radical (unpaired) electrons. The zero-order valence-electron chi connectivity index (χ0n) is 17.4. The van der Waals surface area contributed by atoms with Crippen molar-refractivity contribution >= 4 is 21.7 Å². The summed E-state index contributed by atoms with van der Waals surface area (Å²) in [6.45, 7) is 2.69. The maximum atomic E-state index is 13.1. The average molecular weight is 442 g/mol. The molecule has 2 aromatic carbocycles. The highest BCUT2D eigenvalue weighted by molar-refractivity contribution is 7.91. The van der Waals surface area contributed by atoms with Crippen molar-refractivity contribution in [1.82, 2.24) is 4.90 Å². The van der Waals surface area contributed by atoms with Gasteiger partial charge in [-0.15, -0.1) is 0 Å². The molecule has 0 saturated carbocycles. The van der Waals surface area contributed by atoms with E-state index in [2.05, 4.69) is 0 Å². The molecule has 1 fully saturated rings. The Balaban J connectivity index is 1.47. The number of ether oxygens (including phenoxy) is 3. The minimum atomic E-state index is -3.00. The Hall–Kier alpha value is -2.84. The van der Waals surface area contributed by atoms with Gasteiger partial charge in [0.05, 0.1) is 29.7 Å². The first-order valence-electron chi connectivity index (χ1n) is 10.2. The third-order valence-electron chi connectivity index (χ3n) is 6.09. The van der Waals surface area contributed by atoms with Gasteiger partial charge in [0.1, 0.15) is 24.0 Å². The molecule has 3 heterocycles. The number of Topliss-reactive ketones (excluding diaryl/α,β-unsaturated/α-hetero) is 1. The Morgan fingerprint density at radius 1 is 1.23 bits per heavy atom. The van der Waals surface area contributed by atoms with Gasteiger partial charge in [0.15, 0.2) is 15.6 Å². The summed E-state index contributed by atoms with van der Waals surface area (Å²) in [6, 6.07) is 9.16. The zero-order chi connectivity index (χ0) is 21.8. The van der Waals surface area contributed by atoms with E-state index in [9.17, 15) is 13.2 Å². The lowest BCUT2D eigenvalue weighted by molar-refractivity contribution is 0.0633. The number of rotatable bonds is 3. The van der Waals surface area contributed by atoms with E-state index < -0.39 is 9.84 Å². The van der Waals surface area contributed by atoms with E-state index in [1.807, 2.05) is 42.2 Å². The van der Waals surface area contributed by atoms with Gasteiger partial charge in [-0.2, -0.15) is 0 Å². The Labute approximate surface area is 181 Å². The summed E-state index contributed by atoms with van der Waals surface area (Å²) in [5.74, 6) is 2.39. The molecule has 8 heteroatoms. The second-order valence-corrected chi connectivity index (χ2v) is 10.4. The van der Waals surface area contributed by atoms with Crippen molar-refractivity contribution in [2.24, 2.45) is 0 Å². The van der Waals surface area contributed by atoms with E-state index in [0.29, 0.717) is 36.8 Å². The van der Waals surface area contributed by atoms with E-state index in [1.165, 1.54) is 0 Å². The minimum absolute atomic E-state index is 0.0819. The largest absolute Gasteiger partial charge is 0.497 e. The van der Waals surface area contributed by atoms with Crippen LogP contribution in [0.3, 0.4) is 0 Å². The van der Waals surface area contributed by atoms with E-state index >= 15 is 0 Å². The molecule has 3 aliphatic rings. The third kappa shape index (κ3) is 3.59. The monoisotopic (exact) mass is 441 g/mol. The molecule has 0 aliphatic carbocycles. The molecular formula is C23H23NO6S. The zero-order valence-corrected chi connectivity index (χ0v) is 18.2. The van der Waals surface area contributed by atoms with Gasteiger partial charge in [-0.05, 0) is 48.7 Å². The molecule has 7 nitrogen and oxygen atoms in total. The quantitative estimate of drug-likeness (QED) is 0.678. The molecule has 0 unspecified atom stereocenters. The van der Waals surface area contributed by atoms with Crippen molar-refractivity contribution < 1.29 is 27.4 Å². The van der Waals surface area contributed by atoms with Crippen LogP contribution < -0.4 is 14.2 Å². The number of fused-ring (bicyclic) bond motifs is 3. The molecule has 0 amide bonds. The maximum Gasteiger partial charge on any atom is 0.232 e. The van der Waals surface area contributed by atoms with E-state index in [1.54, 1.807) is 13.2 Å². The van der Waals surface area contributed by atoms with E-state index in [4.69, 9.17) is 14.2 Å². The summed E-state index contributed by atoms with van der Waals surface area (Å²) in [5, 5.41) is 0.